The quantitative estimate of drug-likeness (QED) is 0.854. The molecule has 2 saturated heterocycles. The number of nitrogen functional groups attached to an aromatic ring is 1. The van der Waals surface area contributed by atoms with E-state index in [1.165, 1.54) is 0 Å². The van der Waals surface area contributed by atoms with Crippen LogP contribution in [0.15, 0.2) is 6.20 Å². The van der Waals surface area contributed by atoms with Crippen LogP contribution in [0.3, 0.4) is 0 Å². The predicted octanol–water partition coefficient (Wildman–Crippen LogP) is 1.18. The van der Waals surface area contributed by atoms with Gasteiger partial charge in [-0.2, -0.15) is 0 Å². The van der Waals surface area contributed by atoms with Gasteiger partial charge in [-0.1, -0.05) is 0 Å². The van der Waals surface area contributed by atoms with Crippen molar-refractivity contribution in [1.29, 1.82) is 0 Å². The van der Waals surface area contributed by atoms with E-state index < -0.39 is 5.60 Å². The molecule has 2 N–H and O–H groups in total. The van der Waals surface area contributed by atoms with Gasteiger partial charge in [-0.05, 0) is 51.6 Å². The number of hydrogen-bond acceptors (Lipinski definition) is 6. The molecule has 4 heterocycles. The number of nitrogens with two attached hydrogens (primary N) is 1. The van der Waals surface area contributed by atoms with Crippen LogP contribution < -0.4 is 5.73 Å². The highest BCUT2D eigenvalue weighted by Gasteiger charge is 2.44. The first kappa shape index (κ1) is 17.7. The minimum absolute atomic E-state index is 0.143. The zero-order chi connectivity index (χ0) is 18.3. The Bertz CT molecular complexity index is 685. The molecule has 1 spiro atoms. The lowest BCUT2D eigenvalue weighted by Crippen LogP contribution is -2.50. The lowest BCUT2D eigenvalue weighted by atomic mass is 9.83. The first-order chi connectivity index (χ1) is 12.5. The maximum absolute atomic E-state index is 13.0. The number of rotatable bonds is 2. The van der Waals surface area contributed by atoms with Gasteiger partial charge in [0.25, 0.3) is 0 Å². The summed E-state index contributed by atoms with van der Waals surface area (Å²) >= 11 is 0. The summed E-state index contributed by atoms with van der Waals surface area (Å²) in [5.41, 5.74) is 7.49. The maximum atomic E-state index is 13.0. The number of aromatic nitrogens is 2. The number of piperidine rings is 1. The molecule has 1 atom stereocenters. The second kappa shape index (κ2) is 6.78. The molecule has 0 bridgehead atoms. The third-order valence-corrected chi connectivity index (χ3v) is 6.25. The van der Waals surface area contributed by atoms with Crippen molar-refractivity contribution in [3.05, 3.63) is 17.5 Å². The van der Waals surface area contributed by atoms with Crippen molar-refractivity contribution in [3.8, 4) is 0 Å². The smallest absolute Gasteiger partial charge is 0.227 e. The van der Waals surface area contributed by atoms with Gasteiger partial charge in [0, 0.05) is 31.9 Å². The van der Waals surface area contributed by atoms with E-state index in [-0.39, 0.29) is 5.92 Å². The van der Waals surface area contributed by atoms with Crippen LogP contribution in [-0.2, 0) is 21.6 Å². The normalized spacial score (nSPS) is 25.7. The minimum atomic E-state index is -0.402. The number of anilines is 1. The number of nitrogens with zero attached hydrogens (tertiary/aromatic N) is 4. The first-order valence-electron chi connectivity index (χ1n) is 9.77. The minimum Gasteiger partial charge on any atom is -0.368 e. The number of likely N-dealkylation sites (tertiary alicyclic amines) is 2. The fraction of sp³-hybridized carbons (Fsp3) is 0.737. The Kier molecular flexibility index (Phi) is 4.61. The van der Waals surface area contributed by atoms with Gasteiger partial charge in [0.1, 0.15) is 5.60 Å². The van der Waals surface area contributed by atoms with E-state index in [1.807, 2.05) is 11.1 Å². The van der Waals surface area contributed by atoms with Crippen LogP contribution >= 0.6 is 0 Å². The topological polar surface area (TPSA) is 84.6 Å². The second-order valence-electron chi connectivity index (χ2n) is 8.09. The van der Waals surface area contributed by atoms with Gasteiger partial charge >= 0.3 is 0 Å². The van der Waals surface area contributed by atoms with E-state index in [0.29, 0.717) is 24.5 Å². The molecular formula is C19H29N5O2. The molecule has 3 aliphatic heterocycles. The van der Waals surface area contributed by atoms with Gasteiger partial charge in [-0.25, -0.2) is 9.97 Å². The molecular weight excluding hydrogens is 330 g/mol. The number of fused-ring (bicyclic) bond motifs is 2. The lowest BCUT2D eigenvalue weighted by Gasteiger charge is -2.44. The fourth-order valence-corrected chi connectivity index (χ4v) is 4.61. The Labute approximate surface area is 154 Å². The molecule has 3 aliphatic rings. The molecule has 0 aromatic carbocycles. The third kappa shape index (κ3) is 3.07. The van der Waals surface area contributed by atoms with Crippen LogP contribution in [0, 0.1) is 5.92 Å². The summed E-state index contributed by atoms with van der Waals surface area (Å²) in [6, 6.07) is 0.509. The average Bonchev–Trinajstić information content (AvgIpc) is 3.13. The highest BCUT2D eigenvalue weighted by atomic mass is 16.5. The molecule has 1 amide bonds. The molecule has 0 radical (unpaired) electrons. The van der Waals surface area contributed by atoms with Gasteiger partial charge < -0.3 is 20.3 Å². The lowest BCUT2D eigenvalue weighted by molar-refractivity contribution is -0.144. The van der Waals surface area contributed by atoms with E-state index in [0.717, 1.165) is 63.1 Å². The highest BCUT2D eigenvalue weighted by molar-refractivity contribution is 5.79. The van der Waals surface area contributed by atoms with E-state index in [1.54, 1.807) is 0 Å². The Morgan fingerprint density at radius 2 is 2.12 bits per heavy atom. The summed E-state index contributed by atoms with van der Waals surface area (Å²) in [5.74, 6) is 0.747. The summed E-state index contributed by atoms with van der Waals surface area (Å²) in [6.45, 7) is 8.44. The number of hydrogen-bond donors (Lipinski definition) is 1. The molecule has 2 fully saturated rings. The van der Waals surface area contributed by atoms with E-state index in [4.69, 9.17) is 10.5 Å². The van der Waals surface area contributed by atoms with Crippen molar-refractivity contribution < 1.29 is 9.53 Å². The van der Waals surface area contributed by atoms with Crippen molar-refractivity contribution in [2.75, 3.05) is 38.5 Å². The zero-order valence-electron chi connectivity index (χ0n) is 15.8. The number of carbonyl (C=O) groups excluding carboxylic acids is 1. The SMILES string of the molecule is CC(C)N1CCC(C(=O)N2CCC3(CC2)OCCc2cnc(N)nc23)C1. The monoisotopic (exact) mass is 359 g/mol. The van der Waals surface area contributed by atoms with Crippen LogP contribution in [0.5, 0.6) is 0 Å². The summed E-state index contributed by atoms with van der Waals surface area (Å²) in [7, 11) is 0. The van der Waals surface area contributed by atoms with Gasteiger partial charge in [0.15, 0.2) is 0 Å². The summed E-state index contributed by atoms with van der Waals surface area (Å²) in [4.78, 5) is 26.0. The Morgan fingerprint density at radius 1 is 1.35 bits per heavy atom. The molecule has 0 saturated carbocycles. The second-order valence-corrected chi connectivity index (χ2v) is 8.09. The maximum Gasteiger partial charge on any atom is 0.227 e. The standard InChI is InChI=1S/C19H29N5O2/c1-13(2)24-7-3-15(12-24)17(25)23-8-5-19(6-9-23)16-14(4-10-26-19)11-21-18(20)22-16/h11,13,15H,3-10,12H2,1-2H3,(H2,20,21,22). The van der Waals surface area contributed by atoms with Gasteiger partial charge in [0.05, 0.1) is 18.2 Å². The largest absolute Gasteiger partial charge is 0.368 e. The summed E-state index contributed by atoms with van der Waals surface area (Å²) < 4.78 is 6.20. The van der Waals surface area contributed by atoms with Crippen LogP contribution in [0.1, 0.15) is 44.4 Å². The Morgan fingerprint density at radius 3 is 2.81 bits per heavy atom. The fourth-order valence-electron chi connectivity index (χ4n) is 4.61. The van der Waals surface area contributed by atoms with E-state index >= 15 is 0 Å². The van der Waals surface area contributed by atoms with E-state index in [2.05, 4.69) is 28.7 Å². The summed E-state index contributed by atoms with van der Waals surface area (Å²) in [5, 5.41) is 0. The number of carbonyl (C=O) groups is 1. The van der Waals surface area contributed by atoms with Crippen molar-refractivity contribution in [2.24, 2.45) is 5.92 Å². The van der Waals surface area contributed by atoms with Crippen LogP contribution in [-0.4, -0.2) is 64.5 Å². The zero-order valence-corrected chi connectivity index (χ0v) is 15.8. The molecule has 142 valence electrons. The van der Waals surface area contributed by atoms with Gasteiger partial charge in [0.2, 0.25) is 11.9 Å². The van der Waals surface area contributed by atoms with Crippen LogP contribution in [0.25, 0.3) is 0 Å². The molecule has 1 unspecified atom stereocenters. The van der Waals surface area contributed by atoms with Crippen molar-refractivity contribution in [2.45, 2.75) is 51.2 Å². The van der Waals surface area contributed by atoms with Crippen LogP contribution in [0.4, 0.5) is 5.95 Å². The molecule has 26 heavy (non-hydrogen) atoms. The predicted molar refractivity (Wildman–Crippen MR) is 98.4 cm³/mol. The number of amides is 1. The van der Waals surface area contributed by atoms with Crippen molar-refractivity contribution in [1.82, 2.24) is 19.8 Å². The Hall–Kier alpha value is -1.73. The van der Waals surface area contributed by atoms with Crippen molar-refractivity contribution in [3.63, 3.8) is 0 Å². The molecule has 7 heteroatoms. The molecule has 7 nitrogen and oxygen atoms in total. The van der Waals surface area contributed by atoms with Gasteiger partial charge in [-0.15, -0.1) is 0 Å². The molecule has 0 aliphatic carbocycles. The number of ether oxygens (including phenoxy) is 1. The average molecular weight is 359 g/mol. The first-order valence-corrected chi connectivity index (χ1v) is 9.77. The molecule has 4 rings (SSSR count). The molecule has 1 aromatic heterocycles. The third-order valence-electron chi connectivity index (χ3n) is 6.25. The highest BCUT2D eigenvalue weighted by Crippen LogP contribution is 2.40. The molecule has 1 aromatic rings. The van der Waals surface area contributed by atoms with E-state index in [9.17, 15) is 4.79 Å². The summed E-state index contributed by atoms with van der Waals surface area (Å²) in [6.07, 6.45) is 5.19. The van der Waals surface area contributed by atoms with Crippen LogP contribution in [0.2, 0.25) is 0 Å². The van der Waals surface area contributed by atoms with Gasteiger partial charge in [-0.3, -0.25) is 4.79 Å². The van der Waals surface area contributed by atoms with Crippen molar-refractivity contribution >= 4 is 11.9 Å². The Balaban J connectivity index is 1.44.